The quantitative estimate of drug-likeness (QED) is 0.692. The fourth-order valence-electron chi connectivity index (χ4n) is 1.76. The Kier molecular flexibility index (Phi) is 3.79. The number of alkyl halides is 5. The highest BCUT2D eigenvalue weighted by Gasteiger charge is 2.53. The van der Waals surface area contributed by atoms with Crippen molar-refractivity contribution in [3.8, 4) is 0 Å². The van der Waals surface area contributed by atoms with Gasteiger partial charge in [-0.15, -0.1) is 0 Å². The molecule has 17 heavy (non-hydrogen) atoms. The SMILES string of the molecule is CCc1cccc(C(C(C)(F)F)C(F)(F)F)c1. The maximum absolute atomic E-state index is 13.1. The number of hydrogen-bond donors (Lipinski definition) is 0. The molecule has 1 unspecified atom stereocenters. The molecule has 1 aromatic carbocycles. The molecule has 0 aliphatic rings. The lowest BCUT2D eigenvalue weighted by molar-refractivity contribution is -0.203. The number of hydrogen-bond acceptors (Lipinski definition) is 0. The van der Waals surface area contributed by atoms with Gasteiger partial charge in [-0.2, -0.15) is 13.2 Å². The van der Waals surface area contributed by atoms with Gasteiger partial charge in [0.1, 0.15) is 5.92 Å². The maximum atomic E-state index is 13.1. The highest BCUT2D eigenvalue weighted by Crippen LogP contribution is 2.45. The summed E-state index contributed by atoms with van der Waals surface area (Å²) < 4.78 is 64.1. The third-order valence-corrected chi connectivity index (χ3v) is 2.53. The van der Waals surface area contributed by atoms with Crippen molar-refractivity contribution in [2.24, 2.45) is 0 Å². The van der Waals surface area contributed by atoms with E-state index < -0.39 is 18.0 Å². The molecule has 0 radical (unpaired) electrons. The van der Waals surface area contributed by atoms with Crippen LogP contribution in [0, 0.1) is 0 Å². The monoisotopic (exact) mass is 252 g/mol. The lowest BCUT2D eigenvalue weighted by atomic mass is 9.91. The minimum absolute atomic E-state index is 0.295. The van der Waals surface area contributed by atoms with Crippen LogP contribution in [0.5, 0.6) is 0 Å². The van der Waals surface area contributed by atoms with Crippen LogP contribution < -0.4 is 0 Å². The summed E-state index contributed by atoms with van der Waals surface area (Å²) in [5.41, 5.74) is 0.227. The van der Waals surface area contributed by atoms with Crippen LogP contribution in [0.4, 0.5) is 22.0 Å². The van der Waals surface area contributed by atoms with Crippen molar-refractivity contribution in [1.29, 1.82) is 0 Å². The zero-order valence-corrected chi connectivity index (χ0v) is 9.48. The van der Waals surface area contributed by atoms with E-state index in [0.717, 1.165) is 6.07 Å². The molecule has 0 fully saturated rings. The molecule has 5 heteroatoms. The molecule has 0 aliphatic carbocycles. The second-order valence-electron chi connectivity index (χ2n) is 4.03. The Hall–Kier alpha value is -1.13. The van der Waals surface area contributed by atoms with Crippen LogP contribution in [-0.4, -0.2) is 12.1 Å². The van der Waals surface area contributed by atoms with Gasteiger partial charge in [-0.25, -0.2) is 8.78 Å². The summed E-state index contributed by atoms with van der Waals surface area (Å²) in [5, 5.41) is 0. The van der Waals surface area contributed by atoms with Gasteiger partial charge in [0.25, 0.3) is 5.92 Å². The molecule has 0 saturated heterocycles. The van der Waals surface area contributed by atoms with Gasteiger partial charge in [0.15, 0.2) is 0 Å². The molecule has 0 bridgehead atoms. The fourth-order valence-corrected chi connectivity index (χ4v) is 1.76. The second kappa shape index (κ2) is 4.63. The van der Waals surface area contributed by atoms with E-state index in [4.69, 9.17) is 0 Å². The van der Waals surface area contributed by atoms with Crippen molar-refractivity contribution < 1.29 is 22.0 Å². The summed E-state index contributed by atoms with van der Waals surface area (Å²) in [7, 11) is 0. The van der Waals surface area contributed by atoms with Crippen LogP contribution in [0.3, 0.4) is 0 Å². The van der Waals surface area contributed by atoms with E-state index in [1.165, 1.54) is 12.1 Å². The number of halogens is 5. The summed E-state index contributed by atoms with van der Waals surface area (Å²) in [6.07, 6.45) is -4.45. The third-order valence-electron chi connectivity index (χ3n) is 2.53. The highest BCUT2D eigenvalue weighted by molar-refractivity contribution is 5.29. The molecule has 1 aromatic rings. The Morgan fingerprint density at radius 1 is 1.12 bits per heavy atom. The Morgan fingerprint density at radius 3 is 2.12 bits per heavy atom. The normalized spacial score (nSPS) is 14.8. The minimum atomic E-state index is -4.95. The molecule has 0 spiro atoms. The van der Waals surface area contributed by atoms with Gasteiger partial charge in [0.2, 0.25) is 0 Å². The van der Waals surface area contributed by atoms with E-state index in [2.05, 4.69) is 0 Å². The smallest absolute Gasteiger partial charge is 0.206 e. The lowest BCUT2D eigenvalue weighted by Crippen LogP contribution is -2.35. The van der Waals surface area contributed by atoms with Gasteiger partial charge in [0.05, 0.1) is 0 Å². The molecule has 0 heterocycles. The summed E-state index contributed by atoms with van der Waals surface area (Å²) in [4.78, 5) is 0. The highest BCUT2D eigenvalue weighted by atomic mass is 19.4. The van der Waals surface area contributed by atoms with Gasteiger partial charge in [-0.3, -0.25) is 0 Å². The van der Waals surface area contributed by atoms with E-state index >= 15 is 0 Å². The molecule has 0 N–H and O–H groups in total. The largest absolute Gasteiger partial charge is 0.401 e. The van der Waals surface area contributed by atoms with Crippen molar-refractivity contribution >= 4 is 0 Å². The van der Waals surface area contributed by atoms with Crippen molar-refractivity contribution in [2.75, 3.05) is 0 Å². The molecule has 0 aromatic heterocycles. The first-order chi connectivity index (χ1) is 7.66. The van der Waals surface area contributed by atoms with E-state index in [1.54, 1.807) is 13.0 Å². The first-order valence-corrected chi connectivity index (χ1v) is 5.19. The molecule has 0 nitrogen and oxygen atoms in total. The van der Waals surface area contributed by atoms with Gasteiger partial charge < -0.3 is 0 Å². The van der Waals surface area contributed by atoms with Crippen molar-refractivity contribution in [1.82, 2.24) is 0 Å². The van der Waals surface area contributed by atoms with Crippen molar-refractivity contribution in [2.45, 2.75) is 38.3 Å². The molecule has 1 rings (SSSR count). The number of aryl methyl sites for hydroxylation is 1. The predicted molar refractivity (Wildman–Crippen MR) is 55.2 cm³/mol. The molecule has 96 valence electrons. The topological polar surface area (TPSA) is 0 Å². The van der Waals surface area contributed by atoms with Crippen LogP contribution >= 0.6 is 0 Å². The minimum Gasteiger partial charge on any atom is -0.206 e. The van der Waals surface area contributed by atoms with E-state index in [9.17, 15) is 22.0 Å². The molecule has 0 saturated carbocycles. The third kappa shape index (κ3) is 3.41. The van der Waals surface area contributed by atoms with Gasteiger partial charge >= 0.3 is 6.18 Å². The van der Waals surface area contributed by atoms with Crippen LogP contribution in [0.2, 0.25) is 0 Å². The summed E-state index contributed by atoms with van der Waals surface area (Å²) in [5.74, 6) is -6.58. The van der Waals surface area contributed by atoms with Gasteiger partial charge in [-0.1, -0.05) is 31.2 Å². The lowest BCUT2D eigenvalue weighted by Gasteiger charge is -2.26. The molecule has 0 amide bonds. The zero-order chi connectivity index (χ0) is 13.3. The standard InChI is InChI=1S/C12H13F5/c1-3-8-5-4-6-9(7-8)10(11(2,13)14)12(15,16)17/h4-7,10H,3H2,1-2H3. The van der Waals surface area contributed by atoms with Gasteiger partial charge in [0, 0.05) is 6.92 Å². The maximum Gasteiger partial charge on any atom is 0.401 e. The average molecular weight is 252 g/mol. The average Bonchev–Trinajstić information content (AvgIpc) is 2.13. The molecular weight excluding hydrogens is 239 g/mol. The summed E-state index contributed by atoms with van der Waals surface area (Å²) in [6.45, 7) is 2.05. The molecular formula is C12H13F5. The Morgan fingerprint density at radius 2 is 1.71 bits per heavy atom. The first-order valence-electron chi connectivity index (χ1n) is 5.19. The molecule has 1 atom stereocenters. The van der Waals surface area contributed by atoms with E-state index in [-0.39, 0.29) is 5.56 Å². The van der Waals surface area contributed by atoms with E-state index in [1.807, 2.05) is 0 Å². The Balaban J connectivity index is 3.23. The van der Waals surface area contributed by atoms with Crippen molar-refractivity contribution in [3.05, 3.63) is 35.4 Å². The number of rotatable bonds is 3. The second-order valence-corrected chi connectivity index (χ2v) is 4.03. The first kappa shape index (κ1) is 13.9. The van der Waals surface area contributed by atoms with Gasteiger partial charge in [-0.05, 0) is 17.5 Å². The van der Waals surface area contributed by atoms with Crippen LogP contribution in [-0.2, 0) is 6.42 Å². The van der Waals surface area contributed by atoms with E-state index in [0.29, 0.717) is 18.9 Å². The predicted octanol–water partition coefficient (Wildman–Crippen LogP) is 4.55. The van der Waals surface area contributed by atoms with Crippen molar-refractivity contribution in [3.63, 3.8) is 0 Å². The Labute approximate surface area is 96.4 Å². The van der Waals surface area contributed by atoms with Crippen LogP contribution in [0.15, 0.2) is 24.3 Å². The van der Waals surface area contributed by atoms with Crippen LogP contribution in [0.25, 0.3) is 0 Å². The number of benzene rings is 1. The zero-order valence-electron chi connectivity index (χ0n) is 9.48. The molecule has 0 aliphatic heterocycles. The fraction of sp³-hybridized carbons (Fsp3) is 0.500. The van der Waals surface area contributed by atoms with Crippen LogP contribution in [0.1, 0.15) is 30.9 Å². The summed E-state index contributed by atoms with van der Waals surface area (Å²) in [6, 6.07) is 5.27. The Bertz CT molecular complexity index is 361. The summed E-state index contributed by atoms with van der Waals surface area (Å²) >= 11 is 0.